The number of carbonyl (C=O) groups is 1. The van der Waals surface area contributed by atoms with Gasteiger partial charge in [-0.1, -0.05) is 0 Å². The van der Waals surface area contributed by atoms with E-state index in [2.05, 4.69) is 15.6 Å². The van der Waals surface area contributed by atoms with Gasteiger partial charge in [-0.2, -0.15) is 5.26 Å². The first-order valence-electron chi connectivity index (χ1n) is 8.24. The van der Waals surface area contributed by atoms with Crippen LogP contribution in [-0.2, 0) is 4.79 Å². The topological polar surface area (TPSA) is 83.8 Å². The molecule has 2 fully saturated rings. The number of rotatable bonds is 2. The molecular formula is C16H18F2N6O. The predicted octanol–water partition coefficient (Wildman–Crippen LogP) is 0.498. The van der Waals surface area contributed by atoms with E-state index in [4.69, 9.17) is 5.26 Å². The first-order chi connectivity index (χ1) is 12.0. The molecule has 0 aromatic carbocycles. The van der Waals surface area contributed by atoms with E-state index in [0.717, 1.165) is 5.57 Å². The number of aliphatic imine (C=N–C) groups is 1. The van der Waals surface area contributed by atoms with Gasteiger partial charge >= 0.3 is 0 Å². The molecule has 0 aliphatic carbocycles. The molecule has 0 radical (unpaired) electrons. The van der Waals surface area contributed by atoms with Crippen LogP contribution in [0.25, 0.3) is 0 Å². The van der Waals surface area contributed by atoms with Gasteiger partial charge in [0.1, 0.15) is 23.9 Å². The average molecular weight is 348 g/mol. The lowest BCUT2D eigenvalue weighted by Crippen LogP contribution is -2.58. The van der Waals surface area contributed by atoms with Crippen LogP contribution in [0.3, 0.4) is 0 Å². The Labute approximate surface area is 143 Å². The minimum atomic E-state index is -3.05. The maximum absolute atomic E-state index is 15.1. The molecule has 4 aliphatic heterocycles. The van der Waals surface area contributed by atoms with Crippen LogP contribution in [0.4, 0.5) is 8.78 Å². The predicted molar refractivity (Wildman–Crippen MR) is 85.1 cm³/mol. The van der Waals surface area contributed by atoms with Crippen LogP contribution in [0.2, 0.25) is 0 Å². The minimum Gasteiger partial charge on any atom is -0.366 e. The molecule has 2 N–H and O–H groups in total. The number of hydrogen-bond acceptors (Lipinski definition) is 6. The van der Waals surface area contributed by atoms with Gasteiger partial charge in [0, 0.05) is 18.7 Å². The van der Waals surface area contributed by atoms with Crippen LogP contribution in [0.15, 0.2) is 28.7 Å². The standard InChI is InChI=1S/C16H18F2N6O/c17-16(18)9-23(14-11-3-6-20-13(11)21-10-22-14)8-15(16)4-1-7-24(15)12(25)2-5-19/h3,6,10,13,20H,1-2,4,7-9H2,(H,21,22). The van der Waals surface area contributed by atoms with Gasteiger partial charge in [-0.3, -0.25) is 4.79 Å². The lowest BCUT2D eigenvalue weighted by atomic mass is 9.91. The summed E-state index contributed by atoms with van der Waals surface area (Å²) in [7, 11) is 0. The summed E-state index contributed by atoms with van der Waals surface area (Å²) in [6, 6.07) is 1.78. The maximum atomic E-state index is 15.1. The number of likely N-dealkylation sites (tertiary alicyclic amines) is 2. The summed E-state index contributed by atoms with van der Waals surface area (Å²) in [6.45, 7) is -0.157. The zero-order valence-corrected chi connectivity index (χ0v) is 13.5. The molecule has 4 heterocycles. The molecule has 4 rings (SSSR count). The third-order valence-corrected chi connectivity index (χ3v) is 5.37. The lowest BCUT2D eigenvalue weighted by molar-refractivity contribution is -0.148. The van der Waals surface area contributed by atoms with Gasteiger partial charge in [0.15, 0.2) is 0 Å². The molecule has 2 atom stereocenters. The van der Waals surface area contributed by atoms with E-state index in [0.29, 0.717) is 12.2 Å². The lowest BCUT2D eigenvalue weighted by Gasteiger charge is -2.38. The number of nitrogens with zero attached hydrogens (tertiary/aromatic N) is 4. The number of fused-ring (bicyclic) bond motifs is 1. The number of halogens is 2. The van der Waals surface area contributed by atoms with Crippen LogP contribution in [-0.4, -0.2) is 59.3 Å². The van der Waals surface area contributed by atoms with E-state index in [1.54, 1.807) is 17.2 Å². The normalized spacial score (nSPS) is 32.0. The molecular weight excluding hydrogens is 330 g/mol. The number of hydrogen-bond donors (Lipinski definition) is 2. The van der Waals surface area contributed by atoms with Crippen LogP contribution >= 0.6 is 0 Å². The summed E-state index contributed by atoms with van der Waals surface area (Å²) >= 11 is 0. The van der Waals surface area contributed by atoms with Gasteiger partial charge < -0.3 is 20.4 Å². The molecule has 0 bridgehead atoms. The molecule has 1 spiro atoms. The minimum absolute atomic E-state index is 0.0391. The van der Waals surface area contributed by atoms with Crippen molar-refractivity contribution in [3.63, 3.8) is 0 Å². The van der Waals surface area contributed by atoms with Gasteiger partial charge in [-0.25, -0.2) is 13.8 Å². The fraction of sp³-hybridized carbons (Fsp3) is 0.562. The van der Waals surface area contributed by atoms with E-state index in [1.165, 1.54) is 11.2 Å². The van der Waals surface area contributed by atoms with E-state index in [-0.39, 0.29) is 32.1 Å². The second-order valence-corrected chi connectivity index (χ2v) is 6.70. The maximum Gasteiger partial charge on any atom is 0.289 e. The van der Waals surface area contributed by atoms with Crippen molar-refractivity contribution in [2.75, 3.05) is 19.6 Å². The monoisotopic (exact) mass is 348 g/mol. The number of amides is 1. The summed E-state index contributed by atoms with van der Waals surface area (Å²) < 4.78 is 30.1. The summed E-state index contributed by atoms with van der Waals surface area (Å²) in [4.78, 5) is 19.3. The van der Waals surface area contributed by atoms with Crippen molar-refractivity contribution >= 4 is 12.2 Å². The first kappa shape index (κ1) is 15.9. The number of alkyl halides is 2. The van der Waals surface area contributed by atoms with Crippen molar-refractivity contribution in [2.45, 2.75) is 36.9 Å². The Bertz CT molecular complexity index is 739. The Morgan fingerprint density at radius 3 is 3.12 bits per heavy atom. The molecule has 0 saturated carbocycles. The van der Waals surface area contributed by atoms with E-state index in [9.17, 15) is 4.79 Å². The number of carbonyl (C=O) groups excluding carboxylic acids is 1. The summed E-state index contributed by atoms with van der Waals surface area (Å²) in [6.07, 6.45) is 5.19. The highest BCUT2D eigenvalue weighted by atomic mass is 19.3. The van der Waals surface area contributed by atoms with Crippen molar-refractivity contribution in [1.29, 1.82) is 5.26 Å². The molecule has 132 valence electrons. The van der Waals surface area contributed by atoms with Gasteiger partial charge in [0.05, 0.1) is 19.0 Å². The first-order valence-corrected chi connectivity index (χ1v) is 8.24. The summed E-state index contributed by atoms with van der Waals surface area (Å²) in [5.74, 6) is -2.97. The van der Waals surface area contributed by atoms with Gasteiger partial charge in [-0.15, -0.1) is 0 Å². The quantitative estimate of drug-likeness (QED) is 0.759. The van der Waals surface area contributed by atoms with E-state index >= 15 is 8.78 Å². The van der Waals surface area contributed by atoms with Crippen molar-refractivity contribution in [3.05, 3.63) is 23.7 Å². The van der Waals surface area contributed by atoms with Crippen LogP contribution in [0.5, 0.6) is 0 Å². The Hall–Kier alpha value is -2.63. The molecule has 7 nitrogen and oxygen atoms in total. The number of nitrogens with one attached hydrogen (secondary N) is 2. The molecule has 4 aliphatic rings. The summed E-state index contributed by atoms with van der Waals surface area (Å²) in [5.41, 5.74) is -0.737. The second-order valence-electron chi connectivity index (χ2n) is 6.70. The molecule has 9 heteroatoms. The Kier molecular flexibility index (Phi) is 3.45. The highest BCUT2D eigenvalue weighted by Crippen LogP contribution is 2.48. The smallest absolute Gasteiger partial charge is 0.289 e. The highest BCUT2D eigenvalue weighted by Gasteiger charge is 2.66. The van der Waals surface area contributed by atoms with Crippen molar-refractivity contribution in [3.8, 4) is 6.07 Å². The molecule has 25 heavy (non-hydrogen) atoms. The van der Waals surface area contributed by atoms with Gasteiger partial charge in [-0.05, 0) is 25.1 Å². The Morgan fingerprint density at radius 1 is 1.48 bits per heavy atom. The van der Waals surface area contributed by atoms with Crippen molar-refractivity contribution in [2.24, 2.45) is 4.99 Å². The van der Waals surface area contributed by atoms with Crippen molar-refractivity contribution in [1.82, 2.24) is 20.4 Å². The van der Waals surface area contributed by atoms with Crippen LogP contribution in [0, 0.1) is 11.3 Å². The molecule has 0 aromatic rings. The summed E-state index contributed by atoms with van der Waals surface area (Å²) in [5, 5.41) is 14.8. The number of nitriles is 1. The second kappa shape index (κ2) is 5.44. The van der Waals surface area contributed by atoms with E-state index in [1.807, 2.05) is 6.08 Å². The Morgan fingerprint density at radius 2 is 2.32 bits per heavy atom. The third-order valence-electron chi connectivity index (χ3n) is 5.37. The van der Waals surface area contributed by atoms with Gasteiger partial charge in [0.2, 0.25) is 5.91 Å². The SMILES string of the molecule is N#CCC(=O)N1CCCC12CN(C1=C3C=CNC3N=CN1)CC2(F)F. The fourth-order valence-electron chi connectivity index (χ4n) is 4.25. The Balaban J connectivity index is 1.67. The van der Waals surface area contributed by atoms with Crippen molar-refractivity contribution < 1.29 is 13.6 Å². The molecule has 1 amide bonds. The highest BCUT2D eigenvalue weighted by molar-refractivity contribution is 5.79. The van der Waals surface area contributed by atoms with Crippen LogP contribution < -0.4 is 10.6 Å². The van der Waals surface area contributed by atoms with E-state index < -0.39 is 23.9 Å². The largest absolute Gasteiger partial charge is 0.366 e. The van der Waals surface area contributed by atoms with Gasteiger partial charge in [0.25, 0.3) is 5.92 Å². The molecule has 2 saturated heterocycles. The zero-order valence-electron chi connectivity index (χ0n) is 13.5. The molecule has 0 aromatic heterocycles. The average Bonchev–Trinajstić information content (AvgIpc) is 3.26. The fourth-order valence-corrected chi connectivity index (χ4v) is 4.25. The zero-order chi connectivity index (χ0) is 17.7. The third kappa shape index (κ3) is 2.20. The molecule has 2 unspecified atom stereocenters. The van der Waals surface area contributed by atoms with Crippen LogP contribution in [0.1, 0.15) is 19.3 Å².